The fourth-order valence-corrected chi connectivity index (χ4v) is 6.91. The minimum Gasteiger partial charge on any atom is -0.507 e. The summed E-state index contributed by atoms with van der Waals surface area (Å²) in [5.74, 6) is 2.81. The Morgan fingerprint density at radius 3 is 0.889 bits per heavy atom. The molecule has 0 aliphatic rings. The van der Waals surface area contributed by atoms with Gasteiger partial charge in [-0.3, -0.25) is 0 Å². The average Bonchev–Trinajstić information content (AvgIpc) is 2.95. The SMILES string of the molecule is CCCC(CC(c1cc(C(C)C)c(O)c(C(C)C)c1)c1cc(C(C)C)c(O)c(C(C)C)c1)c1cc(C(C)C)c(O)c(C(C)C)c1. The molecule has 3 heteroatoms. The number of aromatic hydroxyl groups is 3. The Labute approximate surface area is 275 Å². The second kappa shape index (κ2) is 15.1. The van der Waals surface area contributed by atoms with E-state index in [4.69, 9.17) is 0 Å². The lowest BCUT2D eigenvalue weighted by atomic mass is 9.75. The number of hydrogen-bond donors (Lipinski definition) is 3. The van der Waals surface area contributed by atoms with E-state index in [1.54, 1.807) is 0 Å². The maximum atomic E-state index is 11.4. The van der Waals surface area contributed by atoms with E-state index in [-0.39, 0.29) is 47.3 Å². The molecular weight excluding hydrogens is 552 g/mol. The Balaban J connectivity index is 2.40. The van der Waals surface area contributed by atoms with Gasteiger partial charge in [0.1, 0.15) is 17.2 Å². The van der Waals surface area contributed by atoms with E-state index < -0.39 is 0 Å². The molecule has 248 valence electrons. The first-order valence-electron chi connectivity index (χ1n) is 17.6. The standard InChI is InChI=1S/C42H62O3/c1-14-15-29(30-17-33(23(2)3)40(43)34(18-30)24(4)5)16-39(31-19-35(25(6)7)41(44)36(20-31)26(8)9)32-21-37(27(10)11)42(45)38(22-32)28(12)13/h17-29,39,43-45H,14-16H2,1-13H3. The van der Waals surface area contributed by atoms with Crippen LogP contribution in [0.3, 0.4) is 0 Å². The molecule has 0 saturated carbocycles. The first-order chi connectivity index (χ1) is 21.0. The van der Waals surface area contributed by atoms with Gasteiger partial charge in [-0.2, -0.15) is 0 Å². The quantitative estimate of drug-likeness (QED) is 0.179. The monoisotopic (exact) mass is 614 g/mol. The lowest BCUT2D eigenvalue weighted by Gasteiger charge is -2.30. The van der Waals surface area contributed by atoms with Crippen molar-refractivity contribution in [1.82, 2.24) is 0 Å². The van der Waals surface area contributed by atoms with Gasteiger partial charge in [0, 0.05) is 5.92 Å². The summed E-state index contributed by atoms with van der Waals surface area (Å²) in [5, 5.41) is 33.9. The number of hydrogen-bond acceptors (Lipinski definition) is 3. The Kier molecular flexibility index (Phi) is 12.3. The lowest BCUT2D eigenvalue weighted by Crippen LogP contribution is -2.13. The average molecular weight is 615 g/mol. The third kappa shape index (κ3) is 8.08. The van der Waals surface area contributed by atoms with Crippen LogP contribution in [0.5, 0.6) is 17.2 Å². The zero-order chi connectivity index (χ0) is 33.9. The molecule has 0 aliphatic carbocycles. The van der Waals surface area contributed by atoms with Gasteiger partial charge in [-0.1, -0.05) is 133 Å². The van der Waals surface area contributed by atoms with Crippen LogP contribution in [0.2, 0.25) is 0 Å². The van der Waals surface area contributed by atoms with E-state index in [0.29, 0.717) is 17.2 Å². The Morgan fingerprint density at radius 2 is 0.667 bits per heavy atom. The van der Waals surface area contributed by atoms with E-state index in [9.17, 15) is 15.3 Å². The Bertz CT molecular complexity index is 1280. The smallest absolute Gasteiger partial charge is 0.122 e. The fraction of sp³-hybridized carbons (Fsp3) is 0.571. The highest BCUT2D eigenvalue weighted by Crippen LogP contribution is 2.46. The molecule has 0 spiro atoms. The number of benzene rings is 3. The fourth-order valence-electron chi connectivity index (χ4n) is 6.91. The molecule has 3 N–H and O–H groups in total. The first-order valence-corrected chi connectivity index (χ1v) is 17.6. The van der Waals surface area contributed by atoms with Crippen molar-refractivity contribution in [2.24, 2.45) is 0 Å². The lowest BCUT2D eigenvalue weighted by molar-refractivity contribution is 0.451. The second-order valence-corrected chi connectivity index (χ2v) is 15.3. The summed E-state index contributed by atoms with van der Waals surface area (Å²) < 4.78 is 0. The summed E-state index contributed by atoms with van der Waals surface area (Å²) in [5.41, 5.74) is 9.77. The predicted octanol–water partition coefficient (Wildman–Crippen LogP) is 12.6. The topological polar surface area (TPSA) is 60.7 Å². The second-order valence-electron chi connectivity index (χ2n) is 15.3. The summed E-state index contributed by atoms with van der Waals surface area (Å²) in [7, 11) is 0. The highest BCUT2D eigenvalue weighted by molar-refractivity contribution is 5.54. The van der Waals surface area contributed by atoms with Crippen LogP contribution in [0.4, 0.5) is 0 Å². The van der Waals surface area contributed by atoms with E-state index >= 15 is 0 Å². The van der Waals surface area contributed by atoms with E-state index in [2.05, 4.69) is 126 Å². The van der Waals surface area contributed by atoms with Crippen molar-refractivity contribution in [1.29, 1.82) is 0 Å². The molecule has 0 fully saturated rings. The first kappa shape index (κ1) is 36.5. The van der Waals surface area contributed by atoms with Crippen molar-refractivity contribution in [3.8, 4) is 17.2 Å². The molecule has 3 nitrogen and oxygen atoms in total. The molecule has 0 aliphatic heterocycles. The molecule has 3 aromatic carbocycles. The molecule has 0 saturated heterocycles. The summed E-state index contributed by atoms with van der Waals surface area (Å²) in [6.45, 7) is 28.2. The van der Waals surface area contributed by atoms with Gasteiger partial charge < -0.3 is 15.3 Å². The molecular formula is C42H62O3. The van der Waals surface area contributed by atoms with Crippen molar-refractivity contribution in [3.05, 3.63) is 86.5 Å². The van der Waals surface area contributed by atoms with Crippen molar-refractivity contribution >= 4 is 0 Å². The summed E-state index contributed by atoms with van der Waals surface area (Å²) in [6, 6.07) is 13.5. The number of phenols is 3. The van der Waals surface area contributed by atoms with Crippen LogP contribution in [0, 0.1) is 0 Å². The molecule has 0 radical (unpaired) electrons. The maximum absolute atomic E-state index is 11.4. The van der Waals surface area contributed by atoms with Crippen molar-refractivity contribution in [2.75, 3.05) is 0 Å². The van der Waals surface area contributed by atoms with Gasteiger partial charge >= 0.3 is 0 Å². The van der Waals surface area contributed by atoms with Gasteiger partial charge in [0.2, 0.25) is 0 Å². The van der Waals surface area contributed by atoms with Gasteiger partial charge in [0.15, 0.2) is 0 Å². The van der Waals surface area contributed by atoms with E-state index in [1.807, 2.05) is 0 Å². The molecule has 0 aromatic heterocycles. The minimum atomic E-state index is 0.0616. The Hall–Kier alpha value is -2.94. The van der Waals surface area contributed by atoms with Gasteiger partial charge in [-0.15, -0.1) is 0 Å². The van der Waals surface area contributed by atoms with E-state index in [0.717, 1.165) is 52.6 Å². The number of phenolic OH excluding ortho intramolecular Hbond substituents is 3. The largest absolute Gasteiger partial charge is 0.507 e. The van der Waals surface area contributed by atoms with Gasteiger partial charge in [-0.25, -0.2) is 0 Å². The molecule has 0 amide bonds. The van der Waals surface area contributed by atoms with Crippen LogP contribution >= 0.6 is 0 Å². The van der Waals surface area contributed by atoms with Crippen LogP contribution in [0.25, 0.3) is 0 Å². The molecule has 0 heterocycles. The zero-order valence-corrected chi connectivity index (χ0v) is 30.5. The van der Waals surface area contributed by atoms with Crippen molar-refractivity contribution in [3.63, 3.8) is 0 Å². The van der Waals surface area contributed by atoms with Crippen LogP contribution in [0.15, 0.2) is 36.4 Å². The third-order valence-corrected chi connectivity index (χ3v) is 9.74. The van der Waals surface area contributed by atoms with Gasteiger partial charge in [0.25, 0.3) is 0 Å². The summed E-state index contributed by atoms with van der Waals surface area (Å²) in [4.78, 5) is 0. The summed E-state index contributed by atoms with van der Waals surface area (Å²) >= 11 is 0. The highest BCUT2D eigenvalue weighted by Gasteiger charge is 2.28. The molecule has 3 aromatic rings. The molecule has 3 rings (SSSR count). The predicted molar refractivity (Wildman–Crippen MR) is 193 cm³/mol. The molecule has 0 bridgehead atoms. The summed E-state index contributed by atoms with van der Waals surface area (Å²) in [6.07, 6.45) is 2.99. The molecule has 1 atom stereocenters. The number of rotatable bonds is 13. The van der Waals surface area contributed by atoms with Gasteiger partial charge in [-0.05, 0) is 104 Å². The zero-order valence-electron chi connectivity index (χ0n) is 30.5. The van der Waals surface area contributed by atoms with Crippen LogP contribution in [-0.4, -0.2) is 15.3 Å². The van der Waals surface area contributed by atoms with E-state index in [1.165, 1.54) is 16.7 Å². The van der Waals surface area contributed by atoms with Crippen molar-refractivity contribution in [2.45, 2.75) is 157 Å². The van der Waals surface area contributed by atoms with Gasteiger partial charge in [0.05, 0.1) is 0 Å². The van der Waals surface area contributed by atoms with Crippen LogP contribution in [-0.2, 0) is 0 Å². The minimum absolute atomic E-state index is 0.0616. The van der Waals surface area contributed by atoms with Crippen LogP contribution < -0.4 is 0 Å². The third-order valence-electron chi connectivity index (χ3n) is 9.74. The molecule has 45 heavy (non-hydrogen) atoms. The van der Waals surface area contributed by atoms with Crippen LogP contribution in [0.1, 0.15) is 207 Å². The van der Waals surface area contributed by atoms with Crippen molar-refractivity contribution < 1.29 is 15.3 Å². The molecule has 1 unspecified atom stereocenters. The highest BCUT2D eigenvalue weighted by atomic mass is 16.3. The Morgan fingerprint density at radius 1 is 0.422 bits per heavy atom. The normalized spacial score (nSPS) is 13.1. The maximum Gasteiger partial charge on any atom is 0.122 e.